The molecule has 1 rings (SSSR count). The second-order valence-electron chi connectivity index (χ2n) is 8.38. The zero-order chi connectivity index (χ0) is 21.5. The summed E-state index contributed by atoms with van der Waals surface area (Å²) in [6.07, 6.45) is 11.5. The number of carbonyl (C=O) groups is 2. The van der Waals surface area contributed by atoms with Crippen molar-refractivity contribution in [1.29, 1.82) is 0 Å². The molecule has 0 heterocycles. The Morgan fingerprint density at radius 1 is 0.759 bits per heavy atom. The average Bonchev–Trinajstić information content (AvgIpc) is 2.71. The van der Waals surface area contributed by atoms with Gasteiger partial charge in [0.15, 0.2) is 0 Å². The fourth-order valence-electron chi connectivity index (χ4n) is 3.10. The van der Waals surface area contributed by atoms with Crippen LogP contribution >= 0.6 is 0 Å². The van der Waals surface area contributed by atoms with Gasteiger partial charge in [0.1, 0.15) is 0 Å². The van der Waals surface area contributed by atoms with E-state index in [1.54, 1.807) is 24.3 Å². The molecule has 1 aromatic carbocycles. The number of ether oxygens (including phenoxy) is 2. The van der Waals surface area contributed by atoms with E-state index in [1.165, 1.54) is 38.5 Å². The molecule has 0 bridgehead atoms. The summed E-state index contributed by atoms with van der Waals surface area (Å²) in [6, 6.07) is 6.52. The van der Waals surface area contributed by atoms with Crippen molar-refractivity contribution in [2.24, 2.45) is 5.92 Å². The van der Waals surface area contributed by atoms with Crippen LogP contribution in [0.5, 0.6) is 0 Å². The van der Waals surface area contributed by atoms with Gasteiger partial charge in [-0.2, -0.15) is 0 Å². The Hall–Kier alpha value is -1.84. The van der Waals surface area contributed by atoms with Crippen molar-refractivity contribution in [3.05, 3.63) is 35.4 Å². The quantitative estimate of drug-likeness (QED) is 0.234. The Balaban J connectivity index is 2.26. The van der Waals surface area contributed by atoms with E-state index in [4.69, 9.17) is 9.47 Å². The van der Waals surface area contributed by atoms with E-state index in [0.29, 0.717) is 23.7 Å². The van der Waals surface area contributed by atoms with E-state index >= 15 is 0 Å². The molecular formula is C25H40O4. The molecule has 164 valence electrons. The van der Waals surface area contributed by atoms with Gasteiger partial charge in [-0.25, -0.2) is 9.59 Å². The van der Waals surface area contributed by atoms with Gasteiger partial charge < -0.3 is 9.47 Å². The fraction of sp³-hybridized carbons (Fsp3) is 0.680. The highest BCUT2D eigenvalue weighted by Crippen LogP contribution is 2.13. The smallest absolute Gasteiger partial charge is 0.338 e. The number of rotatable bonds is 15. The Bertz CT molecular complexity index is 577. The monoisotopic (exact) mass is 404 g/mol. The van der Waals surface area contributed by atoms with Crippen LogP contribution in [0.3, 0.4) is 0 Å². The van der Waals surface area contributed by atoms with E-state index in [9.17, 15) is 9.59 Å². The molecule has 29 heavy (non-hydrogen) atoms. The third kappa shape index (κ3) is 11.7. The molecule has 4 nitrogen and oxygen atoms in total. The minimum Gasteiger partial charge on any atom is -0.462 e. The minimum absolute atomic E-state index is 0.110. The molecule has 1 unspecified atom stereocenters. The fourth-order valence-corrected chi connectivity index (χ4v) is 3.10. The summed E-state index contributed by atoms with van der Waals surface area (Å²) >= 11 is 0. The van der Waals surface area contributed by atoms with Crippen molar-refractivity contribution in [2.45, 2.75) is 98.0 Å². The SMILES string of the molecule is CCCCCCCCCCOC(=O)c1ccc(C(=O)OC(C)CCC(C)C)cc1. The van der Waals surface area contributed by atoms with Gasteiger partial charge in [-0.3, -0.25) is 0 Å². The summed E-state index contributed by atoms with van der Waals surface area (Å²) in [4.78, 5) is 24.3. The predicted octanol–water partition coefficient (Wildman–Crippen LogP) is 6.97. The minimum atomic E-state index is -0.347. The van der Waals surface area contributed by atoms with Gasteiger partial charge in [-0.1, -0.05) is 65.7 Å². The first kappa shape index (κ1) is 25.2. The summed E-state index contributed by atoms with van der Waals surface area (Å²) < 4.78 is 10.8. The van der Waals surface area contributed by atoms with Crippen molar-refractivity contribution in [2.75, 3.05) is 6.61 Å². The maximum Gasteiger partial charge on any atom is 0.338 e. The van der Waals surface area contributed by atoms with Crippen molar-refractivity contribution >= 4 is 11.9 Å². The number of unbranched alkanes of at least 4 members (excludes halogenated alkanes) is 7. The van der Waals surface area contributed by atoms with Gasteiger partial charge in [0.25, 0.3) is 0 Å². The third-order valence-electron chi connectivity index (χ3n) is 5.05. The largest absolute Gasteiger partial charge is 0.462 e. The molecule has 0 fully saturated rings. The topological polar surface area (TPSA) is 52.6 Å². The first-order valence-corrected chi connectivity index (χ1v) is 11.4. The van der Waals surface area contributed by atoms with Crippen LogP contribution in [0, 0.1) is 5.92 Å². The van der Waals surface area contributed by atoms with Crippen LogP contribution in [0.25, 0.3) is 0 Å². The highest BCUT2D eigenvalue weighted by molar-refractivity contribution is 5.93. The standard InChI is InChI=1S/C25H40O4/c1-5-6-7-8-9-10-11-12-19-28-24(26)22-15-17-23(18-16-22)25(27)29-21(4)14-13-20(2)3/h15-18,20-21H,5-14,19H2,1-4H3. The molecule has 1 atom stereocenters. The Morgan fingerprint density at radius 3 is 1.83 bits per heavy atom. The molecular weight excluding hydrogens is 364 g/mol. The summed E-state index contributed by atoms with van der Waals surface area (Å²) in [5, 5.41) is 0. The molecule has 0 saturated carbocycles. The van der Waals surface area contributed by atoms with E-state index in [2.05, 4.69) is 20.8 Å². The number of hydrogen-bond acceptors (Lipinski definition) is 4. The zero-order valence-electron chi connectivity index (χ0n) is 18.9. The summed E-state index contributed by atoms with van der Waals surface area (Å²) in [6.45, 7) is 8.90. The first-order valence-electron chi connectivity index (χ1n) is 11.4. The summed E-state index contributed by atoms with van der Waals surface area (Å²) in [5.74, 6) is -0.0921. The van der Waals surface area contributed by atoms with Gasteiger partial charge >= 0.3 is 11.9 Å². The van der Waals surface area contributed by atoms with Crippen molar-refractivity contribution in [1.82, 2.24) is 0 Å². The normalized spacial score (nSPS) is 12.0. The Kier molecular flexibility index (Phi) is 13.1. The predicted molar refractivity (Wildman–Crippen MR) is 118 cm³/mol. The lowest BCUT2D eigenvalue weighted by Crippen LogP contribution is -2.16. The van der Waals surface area contributed by atoms with E-state index < -0.39 is 0 Å². The van der Waals surface area contributed by atoms with Gasteiger partial charge in [-0.05, 0) is 56.4 Å². The zero-order valence-corrected chi connectivity index (χ0v) is 18.9. The van der Waals surface area contributed by atoms with Crippen LogP contribution in [-0.2, 0) is 9.47 Å². The molecule has 0 amide bonds. The lowest BCUT2D eigenvalue weighted by molar-refractivity contribution is 0.0312. The molecule has 0 radical (unpaired) electrons. The van der Waals surface area contributed by atoms with Crippen LogP contribution < -0.4 is 0 Å². The second-order valence-corrected chi connectivity index (χ2v) is 8.38. The summed E-state index contributed by atoms with van der Waals surface area (Å²) in [7, 11) is 0. The van der Waals surface area contributed by atoms with Crippen molar-refractivity contribution in [3.8, 4) is 0 Å². The van der Waals surface area contributed by atoms with Crippen LogP contribution in [0.4, 0.5) is 0 Å². The second kappa shape index (κ2) is 15.1. The van der Waals surface area contributed by atoms with Crippen molar-refractivity contribution < 1.29 is 19.1 Å². The Morgan fingerprint density at radius 2 is 1.28 bits per heavy atom. The molecule has 0 saturated heterocycles. The number of hydrogen-bond donors (Lipinski definition) is 0. The Labute approximate surface area is 177 Å². The molecule has 0 spiro atoms. The van der Waals surface area contributed by atoms with Gasteiger partial charge in [0.05, 0.1) is 23.8 Å². The lowest BCUT2D eigenvalue weighted by Gasteiger charge is -2.14. The first-order chi connectivity index (χ1) is 13.9. The number of carbonyl (C=O) groups excluding carboxylic acids is 2. The van der Waals surface area contributed by atoms with E-state index in [0.717, 1.165) is 25.7 Å². The highest BCUT2D eigenvalue weighted by atomic mass is 16.5. The van der Waals surface area contributed by atoms with Crippen LogP contribution in [0.1, 0.15) is 113 Å². The van der Waals surface area contributed by atoms with Gasteiger partial charge in [-0.15, -0.1) is 0 Å². The molecule has 0 aliphatic carbocycles. The molecule has 4 heteroatoms. The maximum atomic E-state index is 12.2. The van der Waals surface area contributed by atoms with Crippen molar-refractivity contribution in [3.63, 3.8) is 0 Å². The van der Waals surface area contributed by atoms with Crippen LogP contribution in [0.15, 0.2) is 24.3 Å². The molecule has 0 aliphatic heterocycles. The number of esters is 2. The molecule has 0 N–H and O–H groups in total. The molecule has 1 aromatic rings. The van der Waals surface area contributed by atoms with E-state index in [-0.39, 0.29) is 18.0 Å². The average molecular weight is 405 g/mol. The van der Waals surface area contributed by atoms with Gasteiger partial charge in [0.2, 0.25) is 0 Å². The lowest BCUT2D eigenvalue weighted by atomic mass is 10.1. The van der Waals surface area contributed by atoms with Gasteiger partial charge in [0, 0.05) is 0 Å². The maximum absolute atomic E-state index is 12.2. The van der Waals surface area contributed by atoms with Crippen LogP contribution in [-0.4, -0.2) is 24.6 Å². The number of benzene rings is 1. The highest BCUT2D eigenvalue weighted by Gasteiger charge is 2.14. The third-order valence-corrected chi connectivity index (χ3v) is 5.05. The molecule has 0 aromatic heterocycles. The summed E-state index contributed by atoms with van der Waals surface area (Å²) in [5.41, 5.74) is 0.926. The van der Waals surface area contributed by atoms with E-state index in [1.807, 2.05) is 6.92 Å². The van der Waals surface area contributed by atoms with Crippen LogP contribution in [0.2, 0.25) is 0 Å². The molecule has 0 aliphatic rings.